The highest BCUT2D eigenvalue weighted by Gasteiger charge is 2.44. The maximum Gasteiger partial charge on any atom is 0.243 e. The molecule has 2 aliphatic heterocycles. The lowest BCUT2D eigenvalue weighted by atomic mass is 9.89. The molecule has 5 N–H and O–H groups in total. The number of carbonyl (C=O) groups is 2. The summed E-state index contributed by atoms with van der Waals surface area (Å²) in [6.07, 6.45) is 5.98. The molecule has 1 fully saturated rings. The Morgan fingerprint density at radius 1 is 1.00 bits per heavy atom. The number of aliphatic hydroxyl groups excluding tert-OH is 1. The Hall–Kier alpha value is -6.68. The molecule has 3 aromatic heterocycles. The second-order valence-corrected chi connectivity index (χ2v) is 18.7. The number of aromatic hydroxyl groups is 1. The largest absolute Gasteiger partial charge is 0.507 e. The number of aryl methyl sites for hydroxylation is 2. The Kier molecular flexibility index (Phi) is 14.3. The third-order valence-corrected chi connectivity index (χ3v) is 13.7. The number of phenols is 1. The number of carbonyl (C=O) groups excluding carboxylic acids is 2. The number of amides is 2. The lowest BCUT2D eigenvalue weighted by Crippen LogP contribution is -2.49. The molecule has 0 spiro atoms. The van der Waals surface area contributed by atoms with E-state index in [0.717, 1.165) is 51.2 Å². The van der Waals surface area contributed by atoms with E-state index in [2.05, 4.69) is 63.4 Å². The number of phenolic OH excluding ortho intramolecular Hbond substituents is 1. The molecule has 2 aliphatic rings. The number of nitrogens with zero attached hydrogens (tertiary/aromatic N) is 6. The van der Waals surface area contributed by atoms with Crippen molar-refractivity contribution in [3.63, 3.8) is 0 Å². The molecule has 67 heavy (non-hydrogen) atoms. The van der Waals surface area contributed by atoms with Gasteiger partial charge < -0.3 is 35.6 Å². The Labute approximate surface area is 395 Å². The number of aromatic nitrogens is 5. The van der Waals surface area contributed by atoms with E-state index >= 15 is 0 Å². The summed E-state index contributed by atoms with van der Waals surface area (Å²) in [6, 6.07) is 24.1. The maximum atomic E-state index is 14.4. The van der Waals surface area contributed by atoms with Crippen LogP contribution in [0.25, 0.3) is 32.8 Å². The SMILES string of the molecule is C=C1COC([C@H](C(=O)N2C[C@H](O)C[C@H]2C(=O)N[C@@H](C)c2ccc(-c3scnc3C)cc2)C(C)C)=CC1OCCCc1ccc(C(C)n2cc(-c3cc(-c4ccccc4O)nnc3N)cn2)cc1. The zero-order valence-electron chi connectivity index (χ0n) is 38.5. The molecule has 6 atom stereocenters. The van der Waals surface area contributed by atoms with Crippen molar-refractivity contribution in [2.24, 2.45) is 11.8 Å². The molecular formula is C52H58N8O6S. The number of hydrogen-bond donors (Lipinski definition) is 4. The fraction of sp³-hybridized carbons (Fsp3) is 0.346. The second-order valence-electron chi connectivity index (χ2n) is 17.8. The van der Waals surface area contributed by atoms with Crippen molar-refractivity contribution >= 4 is 29.0 Å². The summed E-state index contributed by atoms with van der Waals surface area (Å²) in [5.74, 6) is -0.524. The van der Waals surface area contributed by atoms with E-state index in [9.17, 15) is 19.8 Å². The van der Waals surface area contributed by atoms with Gasteiger partial charge in [-0.1, -0.05) is 81.1 Å². The van der Waals surface area contributed by atoms with Crippen molar-refractivity contribution in [1.82, 2.24) is 35.2 Å². The Bertz CT molecular complexity index is 2750. The fourth-order valence-corrected chi connectivity index (χ4v) is 9.60. The lowest BCUT2D eigenvalue weighted by molar-refractivity contribution is -0.143. The van der Waals surface area contributed by atoms with Crippen LogP contribution in [-0.4, -0.2) is 89.9 Å². The molecule has 2 amide bonds. The second kappa shape index (κ2) is 20.5. The molecule has 3 aromatic carbocycles. The van der Waals surface area contributed by atoms with Crippen LogP contribution in [0.1, 0.15) is 75.0 Å². The highest BCUT2D eigenvalue weighted by atomic mass is 32.1. The van der Waals surface area contributed by atoms with Gasteiger partial charge >= 0.3 is 0 Å². The molecule has 348 valence electrons. The molecule has 0 bridgehead atoms. The van der Waals surface area contributed by atoms with Gasteiger partial charge in [0.2, 0.25) is 11.8 Å². The lowest BCUT2D eigenvalue weighted by Gasteiger charge is -2.34. The molecule has 6 aromatic rings. The van der Waals surface area contributed by atoms with Gasteiger partial charge in [-0.25, -0.2) is 4.98 Å². The molecular weight excluding hydrogens is 865 g/mol. The molecule has 15 heteroatoms. The van der Waals surface area contributed by atoms with Gasteiger partial charge in [0.05, 0.1) is 52.1 Å². The number of ether oxygens (including phenoxy) is 2. The first kappa shape index (κ1) is 46.8. The third kappa shape index (κ3) is 10.5. The average Bonchev–Trinajstić information content (AvgIpc) is 4.09. The van der Waals surface area contributed by atoms with Gasteiger partial charge in [0.25, 0.3) is 0 Å². The zero-order chi connectivity index (χ0) is 47.4. The number of nitrogens with one attached hydrogen (secondary N) is 1. The Balaban J connectivity index is 0.851. The first-order valence-corrected chi connectivity index (χ1v) is 23.6. The Morgan fingerprint density at radius 2 is 1.75 bits per heavy atom. The summed E-state index contributed by atoms with van der Waals surface area (Å²) >= 11 is 1.59. The minimum Gasteiger partial charge on any atom is -0.507 e. The number of rotatable bonds is 16. The third-order valence-electron chi connectivity index (χ3n) is 12.7. The van der Waals surface area contributed by atoms with Gasteiger partial charge in [0, 0.05) is 42.5 Å². The quantitative estimate of drug-likeness (QED) is 0.0540. The molecule has 14 nitrogen and oxygen atoms in total. The molecule has 0 saturated carbocycles. The fourth-order valence-electron chi connectivity index (χ4n) is 8.79. The van der Waals surface area contributed by atoms with Crippen LogP contribution in [0, 0.1) is 18.8 Å². The number of anilines is 1. The monoisotopic (exact) mass is 922 g/mol. The van der Waals surface area contributed by atoms with Crippen molar-refractivity contribution < 1.29 is 29.3 Å². The number of aliphatic hydroxyl groups is 1. The standard InChI is InChI=1S/C52H58N8O6S/c1-30(2)48(52(64)59-27-40(61)22-44(59)51(63)56-32(4)36-17-19-38(20-18-36)49-33(5)54-29-67-49)47-24-46(31(3)28-66-47)65-21-9-10-35-13-15-37(16-14-35)34(6)60-26-39(25-55-60)42-23-43(57-58-50(42)53)41-11-7-8-12-45(41)62/h7-8,11-20,23-26,29-30,32,34,40,44,46,48,61-62H,3,9-10,21-22,27-28H2,1-2,4-6H3,(H2,53,58)(H,56,63)/t32-,34?,40+,44-,46?,48+/m0/s1. The number of likely N-dealkylation sites (tertiary alicyclic amines) is 1. The average molecular weight is 923 g/mol. The van der Waals surface area contributed by atoms with E-state index in [1.807, 2.05) is 86.6 Å². The van der Waals surface area contributed by atoms with Gasteiger partial charge in [-0.3, -0.25) is 14.3 Å². The van der Waals surface area contributed by atoms with Crippen molar-refractivity contribution in [1.29, 1.82) is 0 Å². The van der Waals surface area contributed by atoms with Gasteiger partial charge in [-0.2, -0.15) is 5.10 Å². The molecule has 2 unspecified atom stereocenters. The number of hydrogen-bond acceptors (Lipinski definition) is 12. The van der Waals surface area contributed by atoms with Crippen LogP contribution in [0.5, 0.6) is 5.75 Å². The van der Waals surface area contributed by atoms with Crippen LogP contribution >= 0.6 is 11.3 Å². The number of β-amino-alcohol motifs (C(OH)–C–C–N with tert-alkyl or cyclic N) is 1. The summed E-state index contributed by atoms with van der Waals surface area (Å²) in [5.41, 5.74) is 16.6. The normalized spacial score (nSPS) is 18.6. The summed E-state index contributed by atoms with van der Waals surface area (Å²) in [7, 11) is 0. The summed E-state index contributed by atoms with van der Waals surface area (Å²) in [4.78, 5) is 35.2. The number of thiazole rings is 1. The predicted octanol–water partition coefficient (Wildman–Crippen LogP) is 8.24. The molecule has 1 saturated heterocycles. The first-order valence-electron chi connectivity index (χ1n) is 22.7. The number of nitrogens with two attached hydrogens (primary N) is 1. The predicted molar refractivity (Wildman–Crippen MR) is 260 cm³/mol. The van der Waals surface area contributed by atoms with Gasteiger partial charge in [0.15, 0.2) is 5.82 Å². The van der Waals surface area contributed by atoms with Crippen molar-refractivity contribution in [2.45, 2.75) is 84.2 Å². The van der Waals surface area contributed by atoms with E-state index in [4.69, 9.17) is 15.2 Å². The van der Waals surface area contributed by atoms with Crippen LogP contribution in [0.3, 0.4) is 0 Å². The maximum absolute atomic E-state index is 14.4. The highest BCUT2D eigenvalue weighted by Crippen LogP contribution is 2.35. The molecule has 5 heterocycles. The van der Waals surface area contributed by atoms with E-state index in [-0.39, 0.29) is 61.0 Å². The van der Waals surface area contributed by atoms with E-state index < -0.39 is 24.2 Å². The van der Waals surface area contributed by atoms with Crippen molar-refractivity contribution in [3.8, 4) is 38.6 Å². The van der Waals surface area contributed by atoms with Crippen LogP contribution < -0.4 is 11.1 Å². The van der Waals surface area contributed by atoms with Gasteiger partial charge in [0.1, 0.15) is 30.3 Å². The topological polar surface area (TPSA) is 191 Å². The number of nitrogen functional groups attached to an aromatic ring is 1. The van der Waals surface area contributed by atoms with Crippen LogP contribution in [0.2, 0.25) is 0 Å². The Morgan fingerprint density at radius 3 is 2.46 bits per heavy atom. The molecule has 8 rings (SSSR count). The smallest absolute Gasteiger partial charge is 0.243 e. The van der Waals surface area contributed by atoms with E-state index in [0.29, 0.717) is 29.2 Å². The number of para-hydroxylation sites is 1. The molecule has 0 aliphatic carbocycles. The minimum atomic E-state index is -0.825. The van der Waals surface area contributed by atoms with Crippen LogP contribution in [0.4, 0.5) is 5.82 Å². The van der Waals surface area contributed by atoms with E-state index in [1.165, 1.54) is 10.5 Å². The van der Waals surface area contributed by atoms with Crippen LogP contribution in [-0.2, 0) is 25.5 Å². The van der Waals surface area contributed by atoms with Crippen LogP contribution in [0.15, 0.2) is 121 Å². The first-order chi connectivity index (χ1) is 32.2. The van der Waals surface area contributed by atoms with Gasteiger partial charge in [-0.05, 0) is 91.6 Å². The van der Waals surface area contributed by atoms with Crippen molar-refractivity contribution in [2.75, 3.05) is 25.5 Å². The summed E-state index contributed by atoms with van der Waals surface area (Å²) in [6.45, 7) is 14.8. The highest BCUT2D eigenvalue weighted by molar-refractivity contribution is 7.13. The van der Waals surface area contributed by atoms with E-state index in [1.54, 1.807) is 35.7 Å². The summed E-state index contributed by atoms with van der Waals surface area (Å²) < 4.78 is 14.4. The summed E-state index contributed by atoms with van der Waals surface area (Å²) in [5, 5.41) is 37.2. The van der Waals surface area contributed by atoms with Crippen molar-refractivity contribution in [3.05, 3.63) is 143 Å². The molecule has 0 radical (unpaired) electrons. The zero-order valence-corrected chi connectivity index (χ0v) is 39.3. The van der Waals surface area contributed by atoms with Gasteiger partial charge in [-0.15, -0.1) is 21.5 Å². The minimum absolute atomic E-state index is 0.0578. The number of benzene rings is 3.